The molecule has 1 aliphatic carbocycles. The van der Waals surface area contributed by atoms with E-state index in [9.17, 15) is 0 Å². The van der Waals surface area contributed by atoms with Gasteiger partial charge in [0.2, 0.25) is 0 Å². The van der Waals surface area contributed by atoms with Crippen LogP contribution in [-0.4, -0.2) is 13.2 Å². The molecule has 1 aromatic carbocycles. The minimum atomic E-state index is 0.403. The van der Waals surface area contributed by atoms with Crippen molar-refractivity contribution in [1.82, 2.24) is 5.32 Å². The van der Waals surface area contributed by atoms with E-state index < -0.39 is 0 Å². The van der Waals surface area contributed by atoms with E-state index in [1.165, 1.54) is 36.8 Å². The van der Waals surface area contributed by atoms with Gasteiger partial charge in [0.05, 0.1) is 19.3 Å². The molecule has 0 bridgehead atoms. The Hall–Kier alpha value is -0.860. The topological polar surface area (TPSA) is 21.3 Å². The summed E-state index contributed by atoms with van der Waals surface area (Å²) in [7, 11) is 0. The standard InChI is InChI=1S/C15H21NO/c1-2-6-12(5-1)9-16-15-11-17-10-13-7-3-4-8-14(13)15/h3-4,7-8,12,15-16H,1-2,5-6,9-11H2. The van der Waals surface area contributed by atoms with Crippen molar-refractivity contribution < 1.29 is 4.74 Å². The first-order valence-corrected chi connectivity index (χ1v) is 6.82. The fourth-order valence-corrected chi connectivity index (χ4v) is 3.07. The third kappa shape index (κ3) is 2.53. The molecule has 0 radical (unpaired) electrons. The second-order valence-corrected chi connectivity index (χ2v) is 5.33. The van der Waals surface area contributed by atoms with Gasteiger partial charge >= 0.3 is 0 Å². The Morgan fingerprint density at radius 1 is 1.18 bits per heavy atom. The summed E-state index contributed by atoms with van der Waals surface area (Å²) in [5.41, 5.74) is 2.79. The zero-order valence-corrected chi connectivity index (χ0v) is 10.3. The van der Waals surface area contributed by atoms with Crippen LogP contribution >= 0.6 is 0 Å². The van der Waals surface area contributed by atoms with Gasteiger partial charge in [-0.2, -0.15) is 0 Å². The number of hydrogen-bond donors (Lipinski definition) is 1. The van der Waals surface area contributed by atoms with Crippen molar-refractivity contribution in [3.05, 3.63) is 35.4 Å². The molecule has 92 valence electrons. The summed E-state index contributed by atoms with van der Waals surface area (Å²) < 4.78 is 5.66. The molecular weight excluding hydrogens is 210 g/mol. The van der Waals surface area contributed by atoms with Gasteiger partial charge in [0.1, 0.15) is 0 Å². The summed E-state index contributed by atoms with van der Waals surface area (Å²) in [4.78, 5) is 0. The van der Waals surface area contributed by atoms with Gasteiger partial charge in [-0.05, 0) is 36.4 Å². The molecule has 1 atom stereocenters. The second kappa shape index (κ2) is 5.19. The van der Waals surface area contributed by atoms with Crippen LogP contribution in [0.4, 0.5) is 0 Å². The van der Waals surface area contributed by atoms with Crippen LogP contribution in [0.5, 0.6) is 0 Å². The van der Waals surface area contributed by atoms with Crippen molar-refractivity contribution in [2.24, 2.45) is 5.92 Å². The largest absolute Gasteiger partial charge is 0.375 e. The van der Waals surface area contributed by atoms with Crippen LogP contribution in [0.25, 0.3) is 0 Å². The first-order valence-electron chi connectivity index (χ1n) is 6.82. The maximum atomic E-state index is 5.66. The fourth-order valence-electron chi connectivity index (χ4n) is 3.07. The van der Waals surface area contributed by atoms with E-state index in [0.717, 1.165) is 25.7 Å². The molecule has 1 heterocycles. The van der Waals surface area contributed by atoms with E-state index >= 15 is 0 Å². The lowest BCUT2D eigenvalue weighted by Gasteiger charge is -2.27. The molecule has 2 nitrogen and oxygen atoms in total. The number of benzene rings is 1. The highest BCUT2D eigenvalue weighted by molar-refractivity contribution is 5.31. The van der Waals surface area contributed by atoms with Crippen LogP contribution in [0.1, 0.15) is 42.9 Å². The first-order chi connectivity index (χ1) is 8.43. The molecule has 1 aromatic rings. The van der Waals surface area contributed by atoms with Crippen molar-refractivity contribution in [2.75, 3.05) is 13.2 Å². The smallest absolute Gasteiger partial charge is 0.0721 e. The number of hydrogen-bond acceptors (Lipinski definition) is 2. The predicted octanol–water partition coefficient (Wildman–Crippen LogP) is 3.04. The molecule has 1 unspecified atom stereocenters. The van der Waals surface area contributed by atoms with Crippen LogP contribution in [0, 0.1) is 5.92 Å². The Morgan fingerprint density at radius 3 is 2.88 bits per heavy atom. The van der Waals surface area contributed by atoms with E-state index in [2.05, 4.69) is 29.6 Å². The van der Waals surface area contributed by atoms with Gasteiger partial charge in [0, 0.05) is 0 Å². The zero-order valence-electron chi connectivity index (χ0n) is 10.3. The van der Waals surface area contributed by atoms with Crippen molar-refractivity contribution in [2.45, 2.75) is 38.3 Å². The lowest BCUT2D eigenvalue weighted by molar-refractivity contribution is 0.0809. The van der Waals surface area contributed by atoms with Gasteiger partial charge in [-0.1, -0.05) is 37.1 Å². The summed E-state index contributed by atoms with van der Waals surface area (Å²) in [5.74, 6) is 0.893. The van der Waals surface area contributed by atoms with Gasteiger partial charge in [-0.15, -0.1) is 0 Å². The molecule has 0 amide bonds. The van der Waals surface area contributed by atoms with Crippen LogP contribution in [0.3, 0.4) is 0 Å². The molecule has 2 heteroatoms. The third-order valence-electron chi connectivity index (χ3n) is 4.10. The van der Waals surface area contributed by atoms with Crippen molar-refractivity contribution in [3.63, 3.8) is 0 Å². The van der Waals surface area contributed by atoms with Crippen LogP contribution in [0.2, 0.25) is 0 Å². The molecule has 0 aromatic heterocycles. The quantitative estimate of drug-likeness (QED) is 0.863. The Bertz CT molecular complexity index is 371. The second-order valence-electron chi connectivity index (χ2n) is 5.33. The molecule has 17 heavy (non-hydrogen) atoms. The summed E-state index contributed by atoms with van der Waals surface area (Å²) in [5, 5.41) is 3.69. The third-order valence-corrected chi connectivity index (χ3v) is 4.10. The van der Waals surface area contributed by atoms with E-state index in [4.69, 9.17) is 4.74 Å². The Balaban J connectivity index is 1.64. The average molecular weight is 231 g/mol. The number of rotatable bonds is 3. The molecule has 1 saturated carbocycles. The van der Waals surface area contributed by atoms with Crippen molar-refractivity contribution in [1.29, 1.82) is 0 Å². The minimum Gasteiger partial charge on any atom is -0.375 e. The van der Waals surface area contributed by atoms with Crippen LogP contribution < -0.4 is 5.32 Å². The molecular formula is C15H21NO. The first kappa shape index (κ1) is 11.2. The zero-order chi connectivity index (χ0) is 11.5. The van der Waals surface area contributed by atoms with Crippen molar-refractivity contribution in [3.8, 4) is 0 Å². The SMILES string of the molecule is c1ccc2c(c1)COCC2NCC1CCCC1. The van der Waals surface area contributed by atoms with E-state index in [1.54, 1.807) is 0 Å². The molecule has 1 N–H and O–H groups in total. The maximum absolute atomic E-state index is 5.66. The van der Waals surface area contributed by atoms with Gasteiger partial charge in [0.15, 0.2) is 0 Å². The highest BCUT2D eigenvalue weighted by Crippen LogP contribution is 2.27. The molecule has 3 rings (SSSR count). The number of fused-ring (bicyclic) bond motifs is 1. The summed E-state index contributed by atoms with van der Waals surface area (Å²) in [6.45, 7) is 2.75. The fraction of sp³-hybridized carbons (Fsp3) is 0.600. The molecule has 1 aliphatic heterocycles. The van der Waals surface area contributed by atoms with E-state index in [-0.39, 0.29) is 0 Å². The normalized spacial score (nSPS) is 24.8. The number of ether oxygens (including phenoxy) is 1. The van der Waals surface area contributed by atoms with Gasteiger partial charge in [0.25, 0.3) is 0 Å². The maximum Gasteiger partial charge on any atom is 0.0721 e. The Labute approximate surface area is 103 Å². The molecule has 0 saturated heterocycles. The van der Waals surface area contributed by atoms with Crippen LogP contribution in [0.15, 0.2) is 24.3 Å². The summed E-state index contributed by atoms with van der Waals surface area (Å²) in [6.07, 6.45) is 5.65. The van der Waals surface area contributed by atoms with E-state index in [0.29, 0.717) is 6.04 Å². The van der Waals surface area contributed by atoms with Gasteiger partial charge in [-0.3, -0.25) is 0 Å². The molecule has 0 spiro atoms. The minimum absolute atomic E-state index is 0.403. The predicted molar refractivity (Wildman–Crippen MR) is 68.8 cm³/mol. The highest BCUT2D eigenvalue weighted by Gasteiger charge is 2.22. The Kier molecular flexibility index (Phi) is 3.44. The monoisotopic (exact) mass is 231 g/mol. The Morgan fingerprint density at radius 2 is 2.00 bits per heavy atom. The highest BCUT2D eigenvalue weighted by atomic mass is 16.5. The van der Waals surface area contributed by atoms with E-state index in [1.807, 2.05) is 0 Å². The van der Waals surface area contributed by atoms with Gasteiger partial charge < -0.3 is 10.1 Å². The molecule has 1 fully saturated rings. The average Bonchev–Trinajstić information content (AvgIpc) is 2.89. The van der Waals surface area contributed by atoms with Crippen LogP contribution in [-0.2, 0) is 11.3 Å². The molecule has 2 aliphatic rings. The lowest BCUT2D eigenvalue weighted by atomic mass is 9.98. The lowest BCUT2D eigenvalue weighted by Crippen LogP contribution is -2.32. The van der Waals surface area contributed by atoms with Gasteiger partial charge in [-0.25, -0.2) is 0 Å². The summed E-state index contributed by atoms with van der Waals surface area (Å²) in [6, 6.07) is 9.05. The summed E-state index contributed by atoms with van der Waals surface area (Å²) >= 11 is 0. The number of nitrogens with one attached hydrogen (secondary N) is 1. The van der Waals surface area contributed by atoms with Crippen molar-refractivity contribution >= 4 is 0 Å².